The van der Waals surface area contributed by atoms with Gasteiger partial charge in [-0.2, -0.15) is 5.26 Å². The van der Waals surface area contributed by atoms with E-state index < -0.39 is 4.83 Å². The second kappa shape index (κ2) is 3.13. The third-order valence-corrected chi connectivity index (χ3v) is 0.795. The molecule has 6 heavy (non-hydrogen) atoms. The highest BCUT2D eigenvalue weighted by molar-refractivity contribution is 9.09. The van der Waals surface area contributed by atoms with Crippen LogP contribution < -0.4 is 0 Å². The van der Waals surface area contributed by atoms with E-state index >= 15 is 0 Å². The number of hydrogen-bond donors (Lipinski definition) is 1. The van der Waals surface area contributed by atoms with E-state index in [1.165, 1.54) is 0 Å². The largest absolute Gasteiger partial charge is 0.394 e. The third-order valence-electron chi connectivity index (χ3n) is 0.300. The van der Waals surface area contributed by atoms with E-state index in [4.69, 9.17) is 10.4 Å². The van der Waals surface area contributed by atoms with Crippen LogP contribution >= 0.6 is 15.9 Å². The molecular formula is C3H4BrNO. The standard InChI is InChI=1S/C3H4BrNO/c4-3(1-5)2-6/h3,6H,2H2/t3-/m1/s1. The van der Waals surface area contributed by atoms with Gasteiger partial charge in [0, 0.05) is 0 Å². The van der Waals surface area contributed by atoms with Gasteiger partial charge in [0.2, 0.25) is 0 Å². The Morgan fingerprint density at radius 3 is 2.50 bits per heavy atom. The Morgan fingerprint density at radius 2 is 2.50 bits per heavy atom. The monoisotopic (exact) mass is 149 g/mol. The van der Waals surface area contributed by atoms with Crippen LogP contribution in [-0.4, -0.2) is 16.5 Å². The average molecular weight is 150 g/mol. The molecule has 0 aliphatic carbocycles. The highest BCUT2D eigenvalue weighted by Crippen LogP contribution is 1.91. The first-order valence-corrected chi connectivity index (χ1v) is 2.37. The van der Waals surface area contributed by atoms with Crippen molar-refractivity contribution < 1.29 is 5.11 Å². The molecule has 0 rings (SSSR count). The summed E-state index contributed by atoms with van der Waals surface area (Å²) < 4.78 is 0. The lowest BCUT2D eigenvalue weighted by atomic mass is 10.5. The molecule has 1 atom stereocenters. The fraction of sp³-hybridized carbons (Fsp3) is 0.667. The summed E-state index contributed by atoms with van der Waals surface area (Å²) in [7, 11) is 0. The highest BCUT2D eigenvalue weighted by Gasteiger charge is 1.92. The molecule has 1 N–H and O–H groups in total. The summed E-state index contributed by atoms with van der Waals surface area (Å²) in [6.45, 7) is -0.115. The van der Waals surface area contributed by atoms with Gasteiger partial charge in [-0.15, -0.1) is 0 Å². The molecule has 2 nitrogen and oxygen atoms in total. The first-order chi connectivity index (χ1) is 2.81. The number of hydrogen-bond acceptors (Lipinski definition) is 2. The van der Waals surface area contributed by atoms with Crippen molar-refractivity contribution >= 4 is 15.9 Å². The molecule has 34 valence electrons. The lowest BCUT2D eigenvalue weighted by molar-refractivity contribution is 0.310. The van der Waals surface area contributed by atoms with Crippen LogP contribution in [-0.2, 0) is 0 Å². The Bertz CT molecular complexity index is 67.7. The zero-order chi connectivity index (χ0) is 4.99. The molecule has 0 unspecified atom stereocenters. The maximum atomic E-state index is 8.07. The molecule has 0 saturated carbocycles. The lowest BCUT2D eigenvalue weighted by Gasteiger charge is -1.84. The molecule has 3 heteroatoms. The number of alkyl halides is 1. The number of rotatable bonds is 1. The van der Waals surface area contributed by atoms with Crippen LogP contribution in [0.4, 0.5) is 0 Å². The first-order valence-electron chi connectivity index (χ1n) is 1.45. The van der Waals surface area contributed by atoms with Crippen LogP contribution in [0.2, 0.25) is 0 Å². The second-order valence-corrected chi connectivity index (χ2v) is 1.88. The van der Waals surface area contributed by atoms with Gasteiger partial charge in [-0.1, -0.05) is 15.9 Å². The Morgan fingerprint density at radius 1 is 2.00 bits per heavy atom. The zero-order valence-corrected chi connectivity index (χ0v) is 4.64. The fourth-order valence-corrected chi connectivity index (χ4v) is 0.0408. The quantitative estimate of drug-likeness (QED) is 0.545. The third kappa shape index (κ3) is 2.18. The van der Waals surface area contributed by atoms with Crippen molar-refractivity contribution in [2.45, 2.75) is 4.83 Å². The first kappa shape index (κ1) is 5.93. The van der Waals surface area contributed by atoms with Crippen LogP contribution in [0.1, 0.15) is 0 Å². The molecule has 0 aliphatic heterocycles. The van der Waals surface area contributed by atoms with Crippen LogP contribution in [0.3, 0.4) is 0 Å². The minimum absolute atomic E-state index is 0.115. The molecule has 0 fully saturated rings. The SMILES string of the molecule is N#C[C@@H](Br)CO. The number of aliphatic hydroxyl groups is 1. The van der Waals surface area contributed by atoms with Crippen molar-refractivity contribution in [3.8, 4) is 6.07 Å². The molecule has 0 saturated heterocycles. The highest BCUT2D eigenvalue weighted by atomic mass is 79.9. The van der Waals surface area contributed by atoms with Gasteiger partial charge in [0.05, 0.1) is 12.7 Å². The normalized spacial score (nSPS) is 12.8. The summed E-state index contributed by atoms with van der Waals surface area (Å²) in [5, 5.41) is 15.9. The maximum absolute atomic E-state index is 8.07. The van der Waals surface area contributed by atoms with E-state index in [1.54, 1.807) is 6.07 Å². The summed E-state index contributed by atoms with van der Waals surface area (Å²) in [5.74, 6) is 0. The molecule has 0 bridgehead atoms. The van der Waals surface area contributed by atoms with E-state index in [9.17, 15) is 0 Å². The summed E-state index contributed by atoms with van der Waals surface area (Å²) in [5.41, 5.74) is 0. The van der Waals surface area contributed by atoms with Gasteiger partial charge in [0.15, 0.2) is 0 Å². The molecule has 0 radical (unpaired) electrons. The number of halogens is 1. The van der Waals surface area contributed by atoms with Gasteiger partial charge >= 0.3 is 0 Å². The molecule has 0 aromatic carbocycles. The predicted octanol–water partition coefficient (Wildman–Crippen LogP) is 0.266. The van der Waals surface area contributed by atoms with Gasteiger partial charge in [-0.3, -0.25) is 0 Å². The van der Waals surface area contributed by atoms with Crippen LogP contribution in [0.25, 0.3) is 0 Å². The number of aliphatic hydroxyl groups excluding tert-OH is 1. The molecule has 0 amide bonds. The summed E-state index contributed by atoms with van der Waals surface area (Å²) >= 11 is 2.86. The van der Waals surface area contributed by atoms with Crippen molar-refractivity contribution in [3.63, 3.8) is 0 Å². The van der Waals surface area contributed by atoms with Gasteiger partial charge in [0.25, 0.3) is 0 Å². The number of nitriles is 1. The van der Waals surface area contributed by atoms with E-state index in [1.807, 2.05) is 0 Å². The minimum Gasteiger partial charge on any atom is -0.394 e. The molecule has 0 spiro atoms. The predicted molar refractivity (Wildman–Crippen MR) is 25.4 cm³/mol. The van der Waals surface area contributed by atoms with Crippen LogP contribution in [0.5, 0.6) is 0 Å². The van der Waals surface area contributed by atoms with Crippen LogP contribution in [0, 0.1) is 11.3 Å². The van der Waals surface area contributed by atoms with E-state index in [2.05, 4.69) is 15.9 Å². The molecule has 0 aromatic rings. The molecular weight excluding hydrogens is 146 g/mol. The molecule has 0 aromatic heterocycles. The van der Waals surface area contributed by atoms with Gasteiger partial charge in [-0.25, -0.2) is 0 Å². The van der Waals surface area contributed by atoms with E-state index in [0.717, 1.165) is 0 Å². The molecule has 0 heterocycles. The average Bonchev–Trinajstić information content (AvgIpc) is 1.65. The summed E-state index contributed by atoms with van der Waals surface area (Å²) in [6, 6.07) is 1.78. The van der Waals surface area contributed by atoms with E-state index in [-0.39, 0.29) is 6.61 Å². The topological polar surface area (TPSA) is 44.0 Å². The smallest absolute Gasteiger partial charge is 0.124 e. The maximum Gasteiger partial charge on any atom is 0.124 e. The van der Waals surface area contributed by atoms with Crippen molar-refractivity contribution in [2.24, 2.45) is 0 Å². The Hall–Kier alpha value is -0.0700. The Kier molecular flexibility index (Phi) is 3.10. The van der Waals surface area contributed by atoms with Crippen LogP contribution in [0.15, 0.2) is 0 Å². The lowest BCUT2D eigenvalue weighted by Crippen LogP contribution is -1.97. The summed E-state index contributed by atoms with van der Waals surface area (Å²) in [6.07, 6.45) is 0. The van der Waals surface area contributed by atoms with Crippen molar-refractivity contribution in [3.05, 3.63) is 0 Å². The van der Waals surface area contributed by atoms with Gasteiger partial charge < -0.3 is 5.11 Å². The Balaban J connectivity index is 3.04. The fourth-order valence-electron chi connectivity index (χ4n) is 0.0408. The van der Waals surface area contributed by atoms with Crippen molar-refractivity contribution in [2.75, 3.05) is 6.61 Å². The van der Waals surface area contributed by atoms with Crippen molar-refractivity contribution in [1.82, 2.24) is 0 Å². The van der Waals surface area contributed by atoms with Gasteiger partial charge in [-0.05, 0) is 0 Å². The Labute approximate surface area is 44.5 Å². The minimum atomic E-state index is -0.391. The zero-order valence-electron chi connectivity index (χ0n) is 3.06. The van der Waals surface area contributed by atoms with E-state index in [0.29, 0.717) is 0 Å². The van der Waals surface area contributed by atoms with Crippen molar-refractivity contribution in [1.29, 1.82) is 5.26 Å². The number of nitrogens with zero attached hydrogens (tertiary/aromatic N) is 1. The summed E-state index contributed by atoms with van der Waals surface area (Å²) in [4.78, 5) is -0.391. The molecule has 0 aliphatic rings. The van der Waals surface area contributed by atoms with Gasteiger partial charge in [0.1, 0.15) is 4.83 Å². The second-order valence-electron chi connectivity index (χ2n) is 0.779.